The Morgan fingerprint density at radius 2 is 2.46 bits per heavy atom. The molecule has 4 heteroatoms. The molecule has 1 N–H and O–H groups in total. The summed E-state index contributed by atoms with van der Waals surface area (Å²) >= 11 is 0. The van der Waals surface area contributed by atoms with E-state index >= 15 is 0 Å². The highest BCUT2D eigenvalue weighted by Gasteiger charge is 2.28. The second kappa shape index (κ2) is 3.03. The first-order valence-corrected chi connectivity index (χ1v) is 4.61. The third-order valence-corrected chi connectivity index (χ3v) is 2.58. The lowest BCUT2D eigenvalue weighted by Gasteiger charge is -2.06. The molecule has 1 atom stereocenters. The molecule has 2 rings (SSSR count). The van der Waals surface area contributed by atoms with Gasteiger partial charge in [-0.3, -0.25) is 0 Å². The van der Waals surface area contributed by atoms with Gasteiger partial charge in [0.15, 0.2) is 0 Å². The third-order valence-electron chi connectivity index (χ3n) is 2.58. The summed E-state index contributed by atoms with van der Waals surface area (Å²) in [6.07, 6.45) is 1.08. The van der Waals surface area contributed by atoms with Crippen molar-refractivity contribution < 1.29 is 4.74 Å². The monoisotopic (exact) mass is 181 g/mol. The van der Waals surface area contributed by atoms with Crippen LogP contribution < -0.4 is 10.1 Å². The Morgan fingerprint density at radius 3 is 3.08 bits per heavy atom. The Labute approximate surface area is 77.9 Å². The summed E-state index contributed by atoms with van der Waals surface area (Å²) in [7, 11) is 3.61. The van der Waals surface area contributed by atoms with Crippen molar-refractivity contribution in [2.75, 3.05) is 7.11 Å². The van der Waals surface area contributed by atoms with Crippen LogP contribution in [0.15, 0.2) is 0 Å². The van der Waals surface area contributed by atoms with Crippen molar-refractivity contribution in [3.05, 3.63) is 11.3 Å². The number of aromatic nitrogens is 2. The number of rotatable bonds is 2. The van der Waals surface area contributed by atoms with Crippen LogP contribution in [-0.2, 0) is 13.6 Å². The molecular formula is C9H15N3O. The number of nitrogens with zero attached hydrogens (tertiary/aromatic N) is 2. The van der Waals surface area contributed by atoms with E-state index in [9.17, 15) is 0 Å². The van der Waals surface area contributed by atoms with Gasteiger partial charge < -0.3 is 10.1 Å². The molecule has 0 radical (unpaired) electrons. The van der Waals surface area contributed by atoms with Crippen molar-refractivity contribution in [3.63, 3.8) is 0 Å². The van der Waals surface area contributed by atoms with Crippen molar-refractivity contribution in [1.29, 1.82) is 0 Å². The van der Waals surface area contributed by atoms with E-state index in [1.807, 2.05) is 11.7 Å². The predicted octanol–water partition coefficient (Wildman–Crippen LogP) is 0.983. The lowest BCUT2D eigenvalue weighted by Crippen LogP contribution is -2.13. The van der Waals surface area contributed by atoms with Gasteiger partial charge >= 0.3 is 0 Å². The fraction of sp³-hybridized carbons (Fsp3) is 0.667. The van der Waals surface area contributed by atoms with E-state index < -0.39 is 0 Å². The molecule has 13 heavy (non-hydrogen) atoms. The predicted molar refractivity (Wildman–Crippen MR) is 49.6 cm³/mol. The molecule has 0 aliphatic carbocycles. The number of nitrogens with one attached hydrogen (secondary N) is 1. The summed E-state index contributed by atoms with van der Waals surface area (Å²) in [5.74, 6) is 0.887. The van der Waals surface area contributed by atoms with Gasteiger partial charge in [-0.25, -0.2) is 4.68 Å². The Balaban J connectivity index is 2.43. The van der Waals surface area contributed by atoms with Crippen molar-refractivity contribution in [3.8, 4) is 5.88 Å². The van der Waals surface area contributed by atoms with Crippen LogP contribution in [0.1, 0.15) is 30.6 Å². The second-order valence-electron chi connectivity index (χ2n) is 3.34. The molecule has 0 aromatic carbocycles. The number of methoxy groups -OCH3 is 1. The largest absolute Gasteiger partial charge is 0.481 e. The molecule has 1 aliphatic rings. The second-order valence-corrected chi connectivity index (χ2v) is 3.34. The Kier molecular flexibility index (Phi) is 2.00. The van der Waals surface area contributed by atoms with Crippen LogP contribution in [0, 0.1) is 0 Å². The topological polar surface area (TPSA) is 39.1 Å². The molecule has 1 aliphatic heterocycles. The average Bonchev–Trinajstić information content (AvgIpc) is 2.62. The van der Waals surface area contributed by atoms with Crippen molar-refractivity contribution in [2.24, 2.45) is 7.05 Å². The van der Waals surface area contributed by atoms with Gasteiger partial charge in [-0.1, -0.05) is 6.92 Å². The van der Waals surface area contributed by atoms with Gasteiger partial charge in [-0.2, -0.15) is 5.10 Å². The van der Waals surface area contributed by atoms with E-state index in [1.54, 1.807) is 7.11 Å². The van der Waals surface area contributed by atoms with Gasteiger partial charge in [0.05, 0.1) is 24.4 Å². The van der Waals surface area contributed by atoms with Gasteiger partial charge in [0.1, 0.15) is 0 Å². The molecular weight excluding hydrogens is 166 g/mol. The quantitative estimate of drug-likeness (QED) is 0.739. The molecule has 0 spiro atoms. The zero-order chi connectivity index (χ0) is 9.42. The fourth-order valence-corrected chi connectivity index (χ4v) is 1.93. The first-order valence-electron chi connectivity index (χ1n) is 4.61. The zero-order valence-electron chi connectivity index (χ0n) is 8.29. The van der Waals surface area contributed by atoms with Crippen LogP contribution in [0.25, 0.3) is 0 Å². The van der Waals surface area contributed by atoms with Gasteiger partial charge in [0.25, 0.3) is 0 Å². The summed E-state index contributed by atoms with van der Waals surface area (Å²) in [5, 5.41) is 7.84. The smallest absolute Gasteiger partial charge is 0.216 e. The number of ether oxygens (including phenoxy) is 1. The lowest BCUT2D eigenvalue weighted by atomic mass is 10.1. The minimum atomic E-state index is 0.407. The SMILES string of the molecule is CCC1NCc2c1nn(C)c2OC. The molecule has 0 fully saturated rings. The molecule has 1 aromatic rings. The van der Waals surface area contributed by atoms with Crippen LogP contribution in [0.3, 0.4) is 0 Å². The molecule has 0 amide bonds. The lowest BCUT2D eigenvalue weighted by molar-refractivity contribution is 0.366. The Bertz CT molecular complexity index is 319. The Morgan fingerprint density at radius 1 is 1.69 bits per heavy atom. The van der Waals surface area contributed by atoms with E-state index in [1.165, 1.54) is 5.56 Å². The first kappa shape index (κ1) is 8.56. The standard InChI is InChI=1S/C9H15N3O/c1-4-7-8-6(5-10-7)9(13-3)12(2)11-8/h7,10H,4-5H2,1-3H3. The molecule has 0 saturated carbocycles. The molecule has 1 aromatic heterocycles. The number of hydrogen-bond donors (Lipinski definition) is 1. The maximum Gasteiger partial charge on any atom is 0.216 e. The normalized spacial score (nSPS) is 20.4. The Hall–Kier alpha value is -1.03. The molecule has 72 valence electrons. The highest BCUT2D eigenvalue weighted by Crippen LogP contribution is 2.32. The van der Waals surface area contributed by atoms with E-state index in [0.29, 0.717) is 6.04 Å². The van der Waals surface area contributed by atoms with Crippen LogP contribution in [0.4, 0.5) is 0 Å². The first-order chi connectivity index (χ1) is 6.27. The molecule has 0 bridgehead atoms. The van der Waals surface area contributed by atoms with Crippen LogP contribution in [0.5, 0.6) is 5.88 Å². The van der Waals surface area contributed by atoms with Crippen molar-refractivity contribution >= 4 is 0 Å². The molecule has 0 saturated heterocycles. The van der Waals surface area contributed by atoms with Gasteiger partial charge in [0, 0.05) is 13.6 Å². The van der Waals surface area contributed by atoms with Gasteiger partial charge in [-0.15, -0.1) is 0 Å². The number of hydrogen-bond acceptors (Lipinski definition) is 3. The van der Waals surface area contributed by atoms with E-state index in [2.05, 4.69) is 17.3 Å². The molecule has 1 unspecified atom stereocenters. The van der Waals surface area contributed by atoms with Gasteiger partial charge in [-0.05, 0) is 6.42 Å². The third kappa shape index (κ3) is 1.13. The van der Waals surface area contributed by atoms with E-state index in [4.69, 9.17) is 4.74 Å². The van der Waals surface area contributed by atoms with E-state index in [0.717, 1.165) is 24.5 Å². The highest BCUT2D eigenvalue weighted by molar-refractivity contribution is 5.36. The summed E-state index contributed by atoms with van der Waals surface area (Å²) in [5.41, 5.74) is 2.37. The fourth-order valence-electron chi connectivity index (χ4n) is 1.93. The summed E-state index contributed by atoms with van der Waals surface area (Å²) in [6, 6.07) is 0.407. The minimum Gasteiger partial charge on any atom is -0.481 e. The van der Waals surface area contributed by atoms with Gasteiger partial charge in [0.2, 0.25) is 5.88 Å². The van der Waals surface area contributed by atoms with Crippen molar-refractivity contribution in [1.82, 2.24) is 15.1 Å². The molecule has 4 nitrogen and oxygen atoms in total. The maximum atomic E-state index is 5.28. The number of aryl methyl sites for hydroxylation is 1. The average molecular weight is 181 g/mol. The van der Waals surface area contributed by atoms with E-state index in [-0.39, 0.29) is 0 Å². The number of fused-ring (bicyclic) bond motifs is 1. The summed E-state index contributed by atoms with van der Waals surface area (Å²) < 4.78 is 7.09. The molecule has 2 heterocycles. The maximum absolute atomic E-state index is 5.28. The minimum absolute atomic E-state index is 0.407. The van der Waals surface area contributed by atoms with Crippen molar-refractivity contribution in [2.45, 2.75) is 25.9 Å². The summed E-state index contributed by atoms with van der Waals surface area (Å²) in [6.45, 7) is 3.04. The van der Waals surface area contributed by atoms with Crippen LogP contribution in [-0.4, -0.2) is 16.9 Å². The zero-order valence-corrected chi connectivity index (χ0v) is 8.29. The van der Waals surface area contributed by atoms with Crippen LogP contribution >= 0.6 is 0 Å². The summed E-state index contributed by atoms with van der Waals surface area (Å²) in [4.78, 5) is 0. The van der Waals surface area contributed by atoms with Crippen LogP contribution in [0.2, 0.25) is 0 Å². The highest BCUT2D eigenvalue weighted by atomic mass is 16.5.